The van der Waals surface area contributed by atoms with Gasteiger partial charge in [0.05, 0.1) is 0 Å². The lowest BCUT2D eigenvalue weighted by Crippen LogP contribution is -2.20. The van der Waals surface area contributed by atoms with E-state index < -0.39 is 12.3 Å². The number of aliphatic hydroxyl groups is 1. The van der Waals surface area contributed by atoms with E-state index in [4.69, 9.17) is 5.11 Å². The van der Waals surface area contributed by atoms with Gasteiger partial charge in [0.15, 0.2) is 6.10 Å². The van der Waals surface area contributed by atoms with Gasteiger partial charge in [-0.3, -0.25) is 0 Å². The molecule has 1 aromatic carbocycles. The number of alkyl halides is 3. The number of aryl methyl sites for hydroxylation is 1. The third-order valence-electron chi connectivity index (χ3n) is 1.79. The van der Waals surface area contributed by atoms with Gasteiger partial charge in [0.2, 0.25) is 0 Å². The minimum Gasteiger partial charge on any atom is -0.379 e. The van der Waals surface area contributed by atoms with Gasteiger partial charge in [-0.25, -0.2) is 0 Å². The molecule has 0 aromatic heterocycles. The molecule has 0 bridgehead atoms. The van der Waals surface area contributed by atoms with Crippen molar-refractivity contribution in [3.05, 3.63) is 35.4 Å². The van der Waals surface area contributed by atoms with Crippen LogP contribution in [0.15, 0.2) is 24.3 Å². The fourth-order valence-corrected chi connectivity index (χ4v) is 1.07. The predicted molar refractivity (Wildman–Crippen MR) is 42.2 cm³/mol. The molecular formula is C9H9F3O. The van der Waals surface area contributed by atoms with Gasteiger partial charge in [-0.1, -0.05) is 24.3 Å². The molecule has 4 heteroatoms. The van der Waals surface area contributed by atoms with Gasteiger partial charge in [0.1, 0.15) is 0 Å². The fourth-order valence-electron chi connectivity index (χ4n) is 1.07. The maximum atomic E-state index is 12.1. The van der Waals surface area contributed by atoms with E-state index in [0.29, 0.717) is 5.56 Å². The number of halogens is 3. The van der Waals surface area contributed by atoms with E-state index in [9.17, 15) is 13.2 Å². The minimum absolute atomic E-state index is 0.0880. The first-order valence-electron chi connectivity index (χ1n) is 3.73. The number of hydrogen-bond donors (Lipinski definition) is 1. The summed E-state index contributed by atoms with van der Waals surface area (Å²) in [5, 5.41) is 8.91. The number of rotatable bonds is 1. The number of hydrogen-bond acceptors (Lipinski definition) is 1. The molecule has 0 aliphatic heterocycles. The van der Waals surface area contributed by atoms with Crippen LogP contribution in [0.4, 0.5) is 13.2 Å². The molecule has 13 heavy (non-hydrogen) atoms. The van der Waals surface area contributed by atoms with Crippen LogP contribution in [0.25, 0.3) is 0 Å². The second-order valence-corrected chi connectivity index (χ2v) is 2.80. The van der Waals surface area contributed by atoms with Crippen molar-refractivity contribution in [1.29, 1.82) is 0 Å². The normalized spacial score (nSPS) is 14.2. The molecule has 0 spiro atoms. The van der Waals surface area contributed by atoms with Crippen molar-refractivity contribution >= 4 is 0 Å². The monoisotopic (exact) mass is 190 g/mol. The second kappa shape index (κ2) is 3.38. The Balaban J connectivity index is 3.02. The number of benzene rings is 1. The molecule has 1 aromatic rings. The first-order valence-corrected chi connectivity index (χ1v) is 3.73. The third-order valence-corrected chi connectivity index (χ3v) is 1.79. The Hall–Kier alpha value is -1.03. The van der Waals surface area contributed by atoms with E-state index in [1.165, 1.54) is 25.1 Å². The molecule has 1 N–H and O–H groups in total. The van der Waals surface area contributed by atoms with E-state index in [-0.39, 0.29) is 5.56 Å². The van der Waals surface area contributed by atoms with Gasteiger partial charge in [0, 0.05) is 0 Å². The van der Waals surface area contributed by atoms with Crippen molar-refractivity contribution in [3.63, 3.8) is 0 Å². The maximum absolute atomic E-state index is 12.1. The first-order chi connectivity index (χ1) is 5.93. The summed E-state index contributed by atoms with van der Waals surface area (Å²) in [6.45, 7) is 1.53. The van der Waals surface area contributed by atoms with Crippen LogP contribution in [0.2, 0.25) is 0 Å². The van der Waals surface area contributed by atoms with Gasteiger partial charge in [0.25, 0.3) is 0 Å². The summed E-state index contributed by atoms with van der Waals surface area (Å²) in [5.41, 5.74) is 0.349. The zero-order chi connectivity index (χ0) is 10.1. The van der Waals surface area contributed by atoms with Crippen LogP contribution in [-0.2, 0) is 0 Å². The highest BCUT2D eigenvalue weighted by Gasteiger charge is 2.39. The molecule has 1 rings (SSSR count). The Morgan fingerprint density at radius 3 is 2.23 bits per heavy atom. The zero-order valence-electron chi connectivity index (χ0n) is 6.97. The van der Waals surface area contributed by atoms with Gasteiger partial charge in [-0.2, -0.15) is 13.2 Å². The Labute approximate surface area is 73.8 Å². The molecular weight excluding hydrogens is 181 g/mol. The fraction of sp³-hybridized carbons (Fsp3) is 0.333. The van der Waals surface area contributed by atoms with Crippen molar-refractivity contribution < 1.29 is 18.3 Å². The largest absolute Gasteiger partial charge is 0.418 e. The van der Waals surface area contributed by atoms with Gasteiger partial charge in [-0.15, -0.1) is 0 Å². The summed E-state index contributed by atoms with van der Waals surface area (Å²) in [7, 11) is 0. The standard InChI is InChI=1S/C9H9F3O/c1-6-4-2-3-5-7(6)8(13)9(10,11)12/h2-5,8,13H,1H3. The molecule has 0 heterocycles. The Kier molecular flexibility index (Phi) is 2.61. The molecule has 0 aliphatic carbocycles. The van der Waals surface area contributed by atoms with Gasteiger partial charge in [-0.05, 0) is 18.1 Å². The summed E-state index contributed by atoms with van der Waals surface area (Å²) < 4.78 is 36.2. The van der Waals surface area contributed by atoms with Crippen LogP contribution in [-0.4, -0.2) is 11.3 Å². The average Bonchev–Trinajstić information content (AvgIpc) is 2.02. The molecule has 0 saturated heterocycles. The van der Waals surface area contributed by atoms with Crippen LogP contribution >= 0.6 is 0 Å². The quantitative estimate of drug-likeness (QED) is 0.721. The Morgan fingerprint density at radius 2 is 1.77 bits per heavy atom. The molecule has 1 unspecified atom stereocenters. The Bertz CT molecular complexity index is 293. The summed E-state index contributed by atoms with van der Waals surface area (Å²) >= 11 is 0. The topological polar surface area (TPSA) is 20.2 Å². The average molecular weight is 190 g/mol. The summed E-state index contributed by atoms with van der Waals surface area (Å²) in [4.78, 5) is 0. The van der Waals surface area contributed by atoms with Crippen molar-refractivity contribution in [2.75, 3.05) is 0 Å². The predicted octanol–water partition coefficient (Wildman–Crippen LogP) is 2.59. The number of aliphatic hydroxyl groups excluding tert-OH is 1. The summed E-state index contributed by atoms with van der Waals surface area (Å²) in [6, 6.07) is 5.90. The van der Waals surface area contributed by atoms with E-state index in [2.05, 4.69) is 0 Å². The van der Waals surface area contributed by atoms with Crippen LogP contribution in [0, 0.1) is 6.92 Å². The van der Waals surface area contributed by atoms with Gasteiger partial charge < -0.3 is 5.11 Å². The van der Waals surface area contributed by atoms with Crippen LogP contribution in [0.3, 0.4) is 0 Å². The first kappa shape index (κ1) is 10.1. The van der Waals surface area contributed by atoms with Crippen LogP contribution in [0.1, 0.15) is 17.2 Å². The molecule has 0 fully saturated rings. The second-order valence-electron chi connectivity index (χ2n) is 2.80. The minimum atomic E-state index is -4.59. The van der Waals surface area contributed by atoms with Crippen molar-refractivity contribution in [2.24, 2.45) is 0 Å². The van der Waals surface area contributed by atoms with Crippen LogP contribution in [0.5, 0.6) is 0 Å². The SMILES string of the molecule is Cc1ccccc1C(O)C(F)(F)F. The van der Waals surface area contributed by atoms with Crippen molar-refractivity contribution in [1.82, 2.24) is 0 Å². The summed E-state index contributed by atoms with van der Waals surface area (Å²) in [6.07, 6.45) is -6.97. The molecule has 1 nitrogen and oxygen atoms in total. The molecule has 1 atom stereocenters. The van der Waals surface area contributed by atoms with Crippen molar-refractivity contribution in [3.8, 4) is 0 Å². The lowest BCUT2D eigenvalue weighted by atomic mass is 10.0. The van der Waals surface area contributed by atoms with E-state index in [1.807, 2.05) is 0 Å². The summed E-state index contributed by atoms with van der Waals surface area (Å²) in [5.74, 6) is 0. The third kappa shape index (κ3) is 2.21. The lowest BCUT2D eigenvalue weighted by molar-refractivity contribution is -0.206. The lowest BCUT2D eigenvalue weighted by Gasteiger charge is -2.16. The van der Waals surface area contributed by atoms with Crippen molar-refractivity contribution in [2.45, 2.75) is 19.2 Å². The maximum Gasteiger partial charge on any atom is 0.418 e. The highest BCUT2D eigenvalue weighted by molar-refractivity contribution is 5.28. The molecule has 0 radical (unpaired) electrons. The van der Waals surface area contributed by atoms with E-state index in [1.54, 1.807) is 6.07 Å². The van der Waals surface area contributed by atoms with E-state index in [0.717, 1.165) is 0 Å². The molecule has 72 valence electrons. The molecule has 0 aliphatic rings. The van der Waals surface area contributed by atoms with Crippen LogP contribution < -0.4 is 0 Å². The Morgan fingerprint density at radius 1 is 1.23 bits per heavy atom. The molecule has 0 amide bonds. The highest BCUT2D eigenvalue weighted by Crippen LogP contribution is 2.33. The van der Waals surface area contributed by atoms with E-state index >= 15 is 0 Å². The smallest absolute Gasteiger partial charge is 0.379 e. The highest BCUT2D eigenvalue weighted by atomic mass is 19.4. The molecule has 0 saturated carbocycles. The van der Waals surface area contributed by atoms with Gasteiger partial charge >= 0.3 is 6.18 Å². The zero-order valence-corrected chi connectivity index (χ0v) is 6.97.